The van der Waals surface area contributed by atoms with Crippen molar-refractivity contribution in [1.29, 1.82) is 0 Å². The second-order valence-corrected chi connectivity index (χ2v) is 5.83. The van der Waals surface area contributed by atoms with Gasteiger partial charge in [0.25, 0.3) is 0 Å². The molecule has 0 aliphatic heterocycles. The van der Waals surface area contributed by atoms with Gasteiger partial charge >= 0.3 is 10.1 Å². The zero-order valence-electron chi connectivity index (χ0n) is 11.0. The molecule has 1 heterocycles. The molecule has 0 saturated carbocycles. The average Bonchev–Trinajstić information content (AvgIpc) is 2.84. The summed E-state index contributed by atoms with van der Waals surface area (Å²) < 4.78 is 25.9. The Bertz CT molecular complexity index is 750. The van der Waals surface area contributed by atoms with E-state index in [1.54, 1.807) is 6.20 Å². The number of nitrogens with two attached hydrogens (primary N) is 1. The summed E-state index contributed by atoms with van der Waals surface area (Å²) in [7, 11) is -3.69. The van der Waals surface area contributed by atoms with Crippen molar-refractivity contribution in [3.05, 3.63) is 41.9 Å². The maximum atomic E-state index is 10.8. The van der Waals surface area contributed by atoms with Crippen molar-refractivity contribution < 1.29 is 12.7 Å². The molecule has 0 aliphatic rings. The van der Waals surface area contributed by atoms with Crippen LogP contribution in [-0.4, -0.2) is 30.5 Å². The number of oxime groups is 1. The summed E-state index contributed by atoms with van der Waals surface area (Å²) in [6.07, 6.45) is 2.47. The van der Waals surface area contributed by atoms with Crippen molar-refractivity contribution in [3.63, 3.8) is 0 Å². The van der Waals surface area contributed by atoms with Gasteiger partial charge in [-0.25, -0.2) is 4.98 Å². The van der Waals surface area contributed by atoms with Crippen LogP contribution in [0.4, 0.5) is 0 Å². The summed E-state index contributed by atoms with van der Waals surface area (Å²) in [5.74, 6) is 0.0967. The maximum Gasteiger partial charge on any atom is 0.325 e. The first-order valence-electron chi connectivity index (χ1n) is 5.69. The molecule has 2 rings (SSSR count). The van der Waals surface area contributed by atoms with E-state index in [2.05, 4.69) is 19.4 Å². The van der Waals surface area contributed by atoms with E-state index in [1.807, 2.05) is 31.2 Å². The molecule has 1 aromatic heterocycles. The first-order chi connectivity index (χ1) is 9.35. The van der Waals surface area contributed by atoms with Gasteiger partial charge in [-0.3, -0.25) is 4.28 Å². The monoisotopic (exact) mass is 294 g/mol. The minimum Gasteiger partial charge on any atom is -0.378 e. The van der Waals surface area contributed by atoms with Crippen LogP contribution in [0.3, 0.4) is 0 Å². The molecule has 0 radical (unpaired) electrons. The third-order valence-corrected chi connectivity index (χ3v) is 2.76. The molecule has 0 fully saturated rings. The van der Waals surface area contributed by atoms with Crippen LogP contribution < -0.4 is 5.73 Å². The van der Waals surface area contributed by atoms with Crippen molar-refractivity contribution in [3.8, 4) is 11.3 Å². The number of nitrogens with zero attached hydrogens (tertiary/aromatic N) is 2. The van der Waals surface area contributed by atoms with Gasteiger partial charge in [0.15, 0.2) is 5.82 Å². The lowest BCUT2D eigenvalue weighted by molar-refractivity contribution is 0.342. The van der Waals surface area contributed by atoms with Gasteiger partial charge in [0.05, 0.1) is 18.1 Å². The van der Waals surface area contributed by atoms with Gasteiger partial charge in [-0.2, -0.15) is 8.42 Å². The molecule has 7 nitrogen and oxygen atoms in total. The summed E-state index contributed by atoms with van der Waals surface area (Å²) in [5.41, 5.74) is 8.40. The standard InChI is InChI=1S/C12H14N4O3S/c1-8-4-3-5-9(6-8)10-7-14-12(15-10)11(13)16-19-20(2,17)18/h3-7H,1-2H3,(H2,13,16)(H,14,15). The molecule has 0 spiro atoms. The number of hydrogen-bond donors (Lipinski definition) is 2. The summed E-state index contributed by atoms with van der Waals surface area (Å²) in [6.45, 7) is 1.98. The first kappa shape index (κ1) is 14.1. The van der Waals surface area contributed by atoms with E-state index in [4.69, 9.17) is 5.73 Å². The van der Waals surface area contributed by atoms with Gasteiger partial charge < -0.3 is 10.7 Å². The molecular formula is C12H14N4O3S. The second kappa shape index (κ2) is 5.33. The smallest absolute Gasteiger partial charge is 0.325 e. The Hall–Kier alpha value is -2.35. The van der Waals surface area contributed by atoms with Crippen LogP contribution in [0.2, 0.25) is 0 Å². The summed E-state index contributed by atoms with van der Waals surface area (Å²) in [5, 5.41) is 3.30. The Kier molecular flexibility index (Phi) is 3.75. The van der Waals surface area contributed by atoms with Crippen LogP contribution >= 0.6 is 0 Å². The van der Waals surface area contributed by atoms with Crippen molar-refractivity contribution in [1.82, 2.24) is 9.97 Å². The number of aromatic nitrogens is 2. The van der Waals surface area contributed by atoms with Gasteiger partial charge in [-0.15, -0.1) is 0 Å². The summed E-state index contributed by atoms with van der Waals surface area (Å²) in [4.78, 5) is 6.99. The average molecular weight is 294 g/mol. The highest BCUT2D eigenvalue weighted by molar-refractivity contribution is 7.85. The molecule has 0 atom stereocenters. The number of hydrogen-bond acceptors (Lipinski definition) is 5. The Labute approximate surface area is 116 Å². The minimum absolute atomic E-state index is 0.144. The highest BCUT2D eigenvalue weighted by Gasteiger charge is 2.08. The molecular weight excluding hydrogens is 280 g/mol. The SMILES string of the molecule is Cc1cccc(-c2cnc(C(N)=NOS(C)(=O)=O)[nH]2)c1. The fourth-order valence-corrected chi connectivity index (χ4v) is 1.78. The lowest BCUT2D eigenvalue weighted by Crippen LogP contribution is -2.16. The number of aromatic amines is 1. The fourth-order valence-electron chi connectivity index (χ4n) is 1.56. The van der Waals surface area contributed by atoms with Gasteiger partial charge in [0.1, 0.15) is 0 Å². The topological polar surface area (TPSA) is 110 Å². The van der Waals surface area contributed by atoms with E-state index in [1.165, 1.54) is 0 Å². The first-order valence-corrected chi connectivity index (χ1v) is 7.51. The zero-order chi connectivity index (χ0) is 14.8. The van der Waals surface area contributed by atoms with E-state index in [9.17, 15) is 8.42 Å². The molecule has 0 aliphatic carbocycles. The van der Waals surface area contributed by atoms with E-state index < -0.39 is 10.1 Å². The Morgan fingerprint density at radius 3 is 2.85 bits per heavy atom. The van der Waals surface area contributed by atoms with Crippen LogP contribution in [0.5, 0.6) is 0 Å². The molecule has 0 unspecified atom stereocenters. The number of amidine groups is 1. The minimum atomic E-state index is -3.69. The fraction of sp³-hybridized carbons (Fsp3) is 0.167. The van der Waals surface area contributed by atoms with Gasteiger partial charge in [0, 0.05) is 0 Å². The summed E-state index contributed by atoms with van der Waals surface area (Å²) in [6, 6.07) is 7.81. The van der Waals surface area contributed by atoms with Gasteiger partial charge in [-0.1, -0.05) is 23.8 Å². The van der Waals surface area contributed by atoms with Crippen LogP contribution in [0.15, 0.2) is 35.6 Å². The summed E-state index contributed by atoms with van der Waals surface area (Å²) >= 11 is 0. The lowest BCUT2D eigenvalue weighted by Gasteiger charge is -1.99. The molecule has 3 N–H and O–H groups in total. The maximum absolute atomic E-state index is 10.8. The molecule has 0 saturated heterocycles. The van der Waals surface area contributed by atoms with Gasteiger partial charge in [0.2, 0.25) is 5.84 Å². The Morgan fingerprint density at radius 2 is 2.20 bits per heavy atom. The lowest BCUT2D eigenvalue weighted by atomic mass is 10.1. The molecule has 8 heteroatoms. The number of aryl methyl sites for hydroxylation is 1. The zero-order valence-corrected chi connectivity index (χ0v) is 11.8. The molecule has 106 valence electrons. The quantitative estimate of drug-likeness (QED) is 0.496. The second-order valence-electron chi connectivity index (χ2n) is 4.27. The Morgan fingerprint density at radius 1 is 1.45 bits per heavy atom. The highest BCUT2D eigenvalue weighted by Crippen LogP contribution is 2.18. The number of benzene rings is 1. The van der Waals surface area contributed by atoms with Crippen molar-refractivity contribution >= 4 is 16.0 Å². The number of H-pyrrole nitrogens is 1. The molecule has 0 amide bonds. The number of imidazole rings is 1. The predicted octanol–water partition coefficient (Wildman–Crippen LogP) is 0.982. The van der Waals surface area contributed by atoms with E-state index in [0.29, 0.717) is 0 Å². The van der Waals surface area contributed by atoms with E-state index in [0.717, 1.165) is 23.1 Å². The van der Waals surface area contributed by atoms with E-state index >= 15 is 0 Å². The van der Waals surface area contributed by atoms with Crippen molar-refractivity contribution in [2.45, 2.75) is 6.92 Å². The predicted molar refractivity (Wildman–Crippen MR) is 75.4 cm³/mol. The Balaban J connectivity index is 2.25. The van der Waals surface area contributed by atoms with Crippen LogP contribution in [0, 0.1) is 6.92 Å². The van der Waals surface area contributed by atoms with Crippen LogP contribution in [0.25, 0.3) is 11.3 Å². The molecule has 1 aromatic carbocycles. The molecule has 2 aromatic rings. The largest absolute Gasteiger partial charge is 0.378 e. The normalized spacial score (nSPS) is 12.4. The van der Waals surface area contributed by atoms with Crippen LogP contribution in [-0.2, 0) is 14.4 Å². The number of rotatable bonds is 4. The van der Waals surface area contributed by atoms with E-state index in [-0.39, 0.29) is 11.7 Å². The molecule has 0 bridgehead atoms. The van der Waals surface area contributed by atoms with Gasteiger partial charge in [-0.05, 0) is 23.7 Å². The molecule has 20 heavy (non-hydrogen) atoms. The third-order valence-electron chi connectivity index (χ3n) is 2.42. The van der Waals surface area contributed by atoms with Crippen molar-refractivity contribution in [2.24, 2.45) is 10.9 Å². The third kappa shape index (κ3) is 3.58. The van der Waals surface area contributed by atoms with Crippen LogP contribution in [0.1, 0.15) is 11.4 Å². The highest BCUT2D eigenvalue weighted by atomic mass is 32.2. The number of nitrogens with one attached hydrogen (secondary N) is 1. The van der Waals surface area contributed by atoms with Crippen molar-refractivity contribution in [2.75, 3.05) is 6.26 Å².